The number of carbonyl (C=O) groups is 2. The van der Waals surface area contributed by atoms with Gasteiger partial charge in [0.2, 0.25) is 5.78 Å². The van der Waals surface area contributed by atoms with Crippen LogP contribution < -0.4 is 0 Å². The summed E-state index contributed by atoms with van der Waals surface area (Å²) in [4.78, 5) is 23.8. The Morgan fingerprint density at radius 2 is 1.96 bits per heavy atom. The van der Waals surface area contributed by atoms with Crippen molar-refractivity contribution < 1.29 is 19.4 Å². The number of carbonyl (C=O) groups excluding carboxylic acids is 2. The smallest absolute Gasteiger partial charge is 0.234 e. The topological polar surface area (TPSA) is 63.6 Å². The average Bonchev–Trinajstić information content (AvgIpc) is 2.94. The van der Waals surface area contributed by atoms with E-state index in [4.69, 9.17) is 4.74 Å². The summed E-state index contributed by atoms with van der Waals surface area (Å²) >= 11 is 0. The van der Waals surface area contributed by atoms with Gasteiger partial charge in [-0.2, -0.15) is 0 Å². The van der Waals surface area contributed by atoms with Gasteiger partial charge in [0.15, 0.2) is 12.0 Å². The van der Waals surface area contributed by atoms with Gasteiger partial charge in [0.05, 0.1) is 0 Å². The Labute approximate surface area is 155 Å². The van der Waals surface area contributed by atoms with Gasteiger partial charge in [0, 0.05) is 16.9 Å². The minimum absolute atomic E-state index is 0.0545. The molecule has 2 fully saturated rings. The van der Waals surface area contributed by atoms with E-state index in [2.05, 4.69) is 33.8 Å². The fraction of sp³-hybridized carbons (Fsp3) is 0.636. The van der Waals surface area contributed by atoms with Crippen molar-refractivity contribution in [3.05, 3.63) is 34.8 Å². The van der Waals surface area contributed by atoms with Crippen LogP contribution in [0.4, 0.5) is 0 Å². The van der Waals surface area contributed by atoms with Gasteiger partial charge in [-0.05, 0) is 49.2 Å². The van der Waals surface area contributed by atoms with E-state index < -0.39 is 11.4 Å². The lowest BCUT2D eigenvalue weighted by Crippen LogP contribution is -2.61. The third-order valence-electron chi connectivity index (χ3n) is 7.78. The standard InChI is InChI=1S/C22H28O4/c1-13-6-7-17-20(2,3)8-5-9-21(17,4)22(13)11-14-10-16(24)18(25)15(12-23)19(14)26-22/h10-13,17,24H,5-9H2,1-4H3/t13-,17-,21-,22-/m1/s1. The first-order valence-electron chi connectivity index (χ1n) is 9.73. The molecule has 4 aliphatic rings. The summed E-state index contributed by atoms with van der Waals surface area (Å²) in [5.41, 5.74) is 0.270. The Balaban J connectivity index is 1.89. The Morgan fingerprint density at radius 1 is 1.23 bits per heavy atom. The summed E-state index contributed by atoms with van der Waals surface area (Å²) in [6.45, 7) is 9.26. The molecule has 0 bridgehead atoms. The predicted molar refractivity (Wildman–Crippen MR) is 98.3 cm³/mol. The molecule has 0 saturated heterocycles. The number of allylic oxidation sites excluding steroid dienone is 2. The highest BCUT2D eigenvalue weighted by molar-refractivity contribution is 6.21. The first-order chi connectivity index (χ1) is 12.2. The number of Topliss-reactive ketones (excluding diaryl/α,β-unsaturated/α-hetero) is 1. The van der Waals surface area contributed by atoms with Gasteiger partial charge in [0.1, 0.15) is 16.9 Å². The van der Waals surface area contributed by atoms with Gasteiger partial charge in [-0.25, -0.2) is 0 Å². The zero-order chi connectivity index (χ0) is 18.9. The summed E-state index contributed by atoms with van der Waals surface area (Å²) in [6, 6.07) is 0. The number of hydrogen-bond donors (Lipinski definition) is 1. The highest BCUT2D eigenvalue weighted by atomic mass is 16.5. The highest BCUT2D eigenvalue weighted by Crippen LogP contribution is 2.66. The summed E-state index contributed by atoms with van der Waals surface area (Å²) in [7, 11) is 0. The number of aliphatic hydroxyl groups is 1. The van der Waals surface area contributed by atoms with Crippen molar-refractivity contribution in [3.8, 4) is 0 Å². The van der Waals surface area contributed by atoms with Gasteiger partial charge in [-0.15, -0.1) is 0 Å². The van der Waals surface area contributed by atoms with Crippen molar-refractivity contribution in [2.24, 2.45) is 22.7 Å². The molecule has 0 radical (unpaired) electrons. The SMILES string of the molecule is C[C@@H]1CC[C@@H]2C(C)(C)CCC[C@@]2(C)[C@@]12C=C1C=C(O)C(=O)C(C=O)=C1O2. The van der Waals surface area contributed by atoms with Crippen LogP contribution in [0.15, 0.2) is 34.8 Å². The monoisotopic (exact) mass is 356 g/mol. The molecule has 0 unspecified atom stereocenters. The molecular weight excluding hydrogens is 328 g/mol. The molecule has 1 heterocycles. The molecule has 1 aliphatic heterocycles. The van der Waals surface area contributed by atoms with Crippen molar-refractivity contribution in [2.45, 2.75) is 65.4 Å². The predicted octanol–water partition coefficient (Wildman–Crippen LogP) is 4.42. The van der Waals surface area contributed by atoms with Crippen LogP contribution in [0.3, 0.4) is 0 Å². The molecule has 0 aromatic heterocycles. The number of fused-ring (bicyclic) bond motifs is 3. The van der Waals surface area contributed by atoms with Crippen molar-refractivity contribution in [1.29, 1.82) is 0 Å². The second-order valence-electron chi connectivity index (χ2n) is 9.50. The van der Waals surface area contributed by atoms with Gasteiger partial charge < -0.3 is 9.84 Å². The maximum Gasteiger partial charge on any atom is 0.234 e. The molecule has 140 valence electrons. The lowest BCUT2D eigenvalue weighted by Gasteiger charge is -2.62. The highest BCUT2D eigenvalue weighted by Gasteiger charge is 2.64. The quantitative estimate of drug-likeness (QED) is 0.558. The summed E-state index contributed by atoms with van der Waals surface area (Å²) in [5, 5.41) is 9.98. The lowest BCUT2D eigenvalue weighted by molar-refractivity contribution is -0.184. The zero-order valence-electron chi connectivity index (χ0n) is 16.1. The first kappa shape index (κ1) is 17.6. The van der Waals surface area contributed by atoms with Gasteiger partial charge in [-0.1, -0.05) is 34.1 Å². The molecule has 4 rings (SSSR count). The number of ketones is 1. The minimum atomic E-state index is -0.640. The third-order valence-corrected chi connectivity index (χ3v) is 7.78. The van der Waals surface area contributed by atoms with Crippen LogP contribution in [0.5, 0.6) is 0 Å². The molecule has 4 heteroatoms. The Kier molecular flexibility index (Phi) is 3.61. The van der Waals surface area contributed by atoms with Crippen LogP contribution >= 0.6 is 0 Å². The fourth-order valence-corrected chi connectivity index (χ4v) is 6.45. The zero-order valence-corrected chi connectivity index (χ0v) is 16.1. The molecule has 0 aromatic rings. The van der Waals surface area contributed by atoms with Crippen LogP contribution in [0.2, 0.25) is 0 Å². The average molecular weight is 356 g/mol. The largest absolute Gasteiger partial charge is 0.504 e. The molecule has 0 amide bonds. The number of aliphatic hydroxyl groups excluding tert-OH is 1. The molecule has 2 saturated carbocycles. The summed E-state index contributed by atoms with van der Waals surface area (Å²) in [5.74, 6) is 0.141. The minimum Gasteiger partial charge on any atom is -0.504 e. The fourth-order valence-electron chi connectivity index (χ4n) is 6.45. The van der Waals surface area contributed by atoms with Crippen molar-refractivity contribution >= 4 is 12.1 Å². The van der Waals surface area contributed by atoms with Gasteiger partial charge >= 0.3 is 0 Å². The second-order valence-corrected chi connectivity index (χ2v) is 9.50. The molecule has 0 aromatic carbocycles. The number of ether oxygens (including phenoxy) is 1. The summed E-state index contributed by atoms with van der Waals surface area (Å²) < 4.78 is 6.57. The van der Waals surface area contributed by atoms with E-state index in [0.29, 0.717) is 23.5 Å². The Morgan fingerprint density at radius 3 is 2.65 bits per heavy atom. The molecule has 1 N–H and O–H groups in total. The van der Waals surface area contributed by atoms with Crippen molar-refractivity contribution in [1.82, 2.24) is 0 Å². The van der Waals surface area contributed by atoms with Crippen LogP contribution in [0.25, 0.3) is 0 Å². The van der Waals surface area contributed by atoms with E-state index in [0.717, 1.165) is 19.3 Å². The molecule has 4 nitrogen and oxygen atoms in total. The van der Waals surface area contributed by atoms with E-state index >= 15 is 0 Å². The molecule has 4 atom stereocenters. The Bertz CT molecular complexity index is 784. The van der Waals surface area contributed by atoms with Gasteiger partial charge in [-0.3, -0.25) is 9.59 Å². The lowest BCUT2D eigenvalue weighted by atomic mass is 9.45. The molecule has 1 spiro atoms. The molecule has 3 aliphatic carbocycles. The second kappa shape index (κ2) is 5.34. The van der Waals surface area contributed by atoms with Gasteiger partial charge in [0.25, 0.3) is 0 Å². The van der Waals surface area contributed by atoms with E-state index in [9.17, 15) is 14.7 Å². The van der Waals surface area contributed by atoms with E-state index in [1.807, 2.05) is 0 Å². The van der Waals surface area contributed by atoms with E-state index in [1.54, 1.807) is 0 Å². The Hall–Kier alpha value is -1.84. The van der Waals surface area contributed by atoms with Crippen LogP contribution in [0.1, 0.15) is 59.8 Å². The maximum absolute atomic E-state index is 12.2. The molecular formula is C22H28O4. The van der Waals surface area contributed by atoms with Crippen LogP contribution in [-0.4, -0.2) is 22.8 Å². The number of aldehydes is 1. The van der Waals surface area contributed by atoms with Crippen molar-refractivity contribution in [3.63, 3.8) is 0 Å². The molecule has 26 heavy (non-hydrogen) atoms. The maximum atomic E-state index is 12.2. The van der Waals surface area contributed by atoms with Crippen molar-refractivity contribution in [2.75, 3.05) is 0 Å². The third kappa shape index (κ3) is 2.02. The van der Waals surface area contributed by atoms with E-state index in [1.165, 1.54) is 18.9 Å². The number of rotatable bonds is 1. The number of hydrogen-bond acceptors (Lipinski definition) is 4. The first-order valence-corrected chi connectivity index (χ1v) is 9.73. The summed E-state index contributed by atoms with van der Waals surface area (Å²) in [6.07, 6.45) is 9.77. The normalized spacial score (nSPS) is 41.2. The van der Waals surface area contributed by atoms with Crippen LogP contribution in [-0.2, 0) is 14.3 Å². The van der Waals surface area contributed by atoms with Crippen LogP contribution in [0, 0.1) is 22.7 Å². The van der Waals surface area contributed by atoms with E-state index in [-0.39, 0.29) is 28.1 Å².